The van der Waals surface area contributed by atoms with E-state index in [1.165, 1.54) is 0 Å². The number of para-hydroxylation sites is 6. The summed E-state index contributed by atoms with van der Waals surface area (Å²) in [6.07, 6.45) is 21.0. The quantitative estimate of drug-likeness (QED) is 0.0751. The van der Waals surface area contributed by atoms with Crippen LogP contribution >= 0.6 is 0 Å². The fourth-order valence-corrected chi connectivity index (χ4v) is 7.50. The monoisotopic (exact) mass is 1570 g/mol. The Balaban J connectivity index is 0. The summed E-state index contributed by atoms with van der Waals surface area (Å²) in [6, 6.07) is 77.7. The number of hydrogen-bond donors (Lipinski definition) is 0. The zero-order chi connectivity index (χ0) is 66.8. The van der Waals surface area contributed by atoms with Gasteiger partial charge in [0.25, 0.3) is 0 Å². The summed E-state index contributed by atoms with van der Waals surface area (Å²) in [5, 5.41) is 27.9. The molecule has 18 nitrogen and oxygen atoms in total. The molecule has 6 aromatic carbocycles. The van der Waals surface area contributed by atoms with E-state index >= 15 is 0 Å². The van der Waals surface area contributed by atoms with Crippen molar-refractivity contribution in [2.75, 3.05) is 39.3 Å². The van der Waals surface area contributed by atoms with Crippen LogP contribution in [0, 0.1) is 10.8 Å². The maximum absolute atomic E-state index is 8.02. The van der Waals surface area contributed by atoms with Crippen LogP contribution in [0.2, 0.25) is 0 Å². The van der Waals surface area contributed by atoms with E-state index < -0.39 is 10.8 Å². The predicted octanol–water partition coefficient (Wildman–Crippen LogP) is 24.8. The number of nitrogens with one attached hydrogen (secondary N) is 6. The van der Waals surface area contributed by atoms with Gasteiger partial charge in [0.2, 0.25) is 0 Å². The molecule has 24 heteroatoms. The van der Waals surface area contributed by atoms with Crippen LogP contribution in [-0.2, 0) is 102 Å². The molecule has 12 rings (SSSR count). The van der Waals surface area contributed by atoms with Gasteiger partial charge in [-0.1, -0.05) is 207 Å². The molecular formula is C76H78Mn6N18. The maximum Gasteiger partial charge on any atom is 2.00 e. The molecule has 0 amide bonds. The third kappa shape index (κ3) is 41.4. The van der Waals surface area contributed by atoms with Crippen molar-refractivity contribution in [1.29, 1.82) is 0 Å². The zero-order valence-electron chi connectivity index (χ0n) is 55.1. The van der Waals surface area contributed by atoms with Crippen LogP contribution in [0.5, 0.6) is 0 Å². The predicted molar refractivity (Wildman–Crippen MR) is 391 cm³/mol. The van der Waals surface area contributed by atoms with Gasteiger partial charge in [-0.15, -0.1) is 39.3 Å². The Morgan fingerprint density at radius 2 is 0.320 bits per heavy atom. The summed E-state index contributed by atoms with van der Waals surface area (Å²) in [5.41, 5.74) is 53.4. The Morgan fingerprint density at radius 1 is 0.200 bits per heavy atom. The van der Waals surface area contributed by atoms with Gasteiger partial charge in [0.1, 0.15) is 0 Å². The molecule has 0 saturated heterocycles. The fraction of sp³-hybridized carbons (Fsp3) is 0.132. The first kappa shape index (κ1) is 93.0. The van der Waals surface area contributed by atoms with Crippen LogP contribution in [0.15, 0.2) is 329 Å². The molecule has 100 heavy (non-hydrogen) atoms. The molecule has 6 heterocycles. The first-order valence-electron chi connectivity index (χ1n) is 29.9. The minimum absolute atomic E-state index is 0. The molecule has 0 unspecified atom stereocenters. The van der Waals surface area contributed by atoms with Crippen LogP contribution in [0.4, 0.5) is 68.2 Å². The fourth-order valence-electron chi connectivity index (χ4n) is 7.50. The number of pyridine rings is 6. The molecular weight excluding hydrogens is 1490 g/mol. The summed E-state index contributed by atoms with van der Waals surface area (Å²) < 4.78 is 0. The molecule has 0 aliphatic rings. The van der Waals surface area contributed by atoms with E-state index in [9.17, 15) is 0 Å². The summed E-state index contributed by atoms with van der Waals surface area (Å²) >= 11 is 0. The topological polar surface area (TPSA) is 305 Å². The van der Waals surface area contributed by atoms with Crippen molar-refractivity contribution in [2.24, 2.45) is 10.8 Å². The molecule has 0 bridgehead atoms. The molecule has 0 saturated carbocycles. The minimum atomic E-state index is -0.410. The van der Waals surface area contributed by atoms with Crippen molar-refractivity contribution in [3.63, 3.8) is 0 Å². The molecule has 0 fully saturated rings. The van der Waals surface area contributed by atoms with Crippen LogP contribution in [0.3, 0.4) is 0 Å². The van der Waals surface area contributed by atoms with Crippen molar-refractivity contribution in [3.05, 3.63) is 395 Å². The van der Waals surface area contributed by atoms with E-state index in [-0.39, 0.29) is 102 Å². The van der Waals surface area contributed by atoms with Gasteiger partial charge in [0.05, 0.1) is 0 Å². The standard InChI is InChI=1S/2C23H24N6.6C5H5N.6Mn/c2*1-23(14-27-20-11-5-2-8-17(20)24,15-28-21-12-6-3-9-18(21)25)16-29-22-13-7-4-10-19(22)26;6*1-2-4-6-5-3-1;;;;;;/h2*2-13,24-26H,14-16H2,1H3;6*1-5H;;;;;;/q2*-6;;;;;;;6*+2. The first-order valence-corrected chi connectivity index (χ1v) is 29.9. The van der Waals surface area contributed by atoms with E-state index in [1.54, 1.807) is 111 Å². The van der Waals surface area contributed by atoms with Crippen molar-refractivity contribution in [1.82, 2.24) is 29.9 Å². The second kappa shape index (κ2) is 57.8. The smallest absolute Gasteiger partial charge is 0.700 e. The van der Waals surface area contributed by atoms with E-state index in [2.05, 4.69) is 75.7 Å². The van der Waals surface area contributed by atoms with Crippen LogP contribution in [0.1, 0.15) is 13.8 Å². The second-order valence-electron chi connectivity index (χ2n) is 20.8. The Bertz CT molecular complexity index is 3000. The summed E-state index contributed by atoms with van der Waals surface area (Å²) in [6.45, 7) is 6.75. The van der Waals surface area contributed by atoms with Gasteiger partial charge in [-0.05, 0) is 72.8 Å². The number of aromatic nitrogens is 6. The number of rotatable bonds is 18. The van der Waals surface area contributed by atoms with E-state index in [0.717, 1.165) is 0 Å². The average molecular weight is 1570 g/mol. The second-order valence-corrected chi connectivity index (χ2v) is 20.8. The van der Waals surface area contributed by atoms with Crippen molar-refractivity contribution >= 4 is 68.2 Å². The van der Waals surface area contributed by atoms with Crippen molar-refractivity contribution in [2.45, 2.75) is 13.8 Å². The third-order valence-electron chi connectivity index (χ3n) is 12.6. The van der Waals surface area contributed by atoms with Gasteiger partial charge < -0.3 is 66.3 Å². The summed E-state index contributed by atoms with van der Waals surface area (Å²) in [4.78, 5) is 22.7. The van der Waals surface area contributed by atoms with E-state index in [1.807, 2.05) is 218 Å². The minimum Gasteiger partial charge on any atom is -0.700 e. The van der Waals surface area contributed by atoms with Crippen molar-refractivity contribution < 1.29 is 102 Å². The SMILES string of the molecule is CC(C[N-]c1ccccc1[NH-])(C[N-]c1ccccc1[NH-])C[N-]c1ccccc1[NH-].CC(C[N-]c1ccccc1[NH-])(C[N-]c1ccccc1[NH-])C[N-]c1ccccc1[NH-].[Mn+2].[Mn+2].[Mn+2].[Mn+2].[Mn+2].[Mn+2].c1ccncc1.c1ccncc1.c1ccncc1.c1ccncc1.c1ccncc1.c1ccncc1. The first-order chi connectivity index (χ1) is 45.9. The average Bonchev–Trinajstić information content (AvgIpc) is 0.872. The molecule has 6 N–H and O–H groups in total. The van der Waals surface area contributed by atoms with Crippen LogP contribution in [0.25, 0.3) is 66.3 Å². The van der Waals surface area contributed by atoms with Crippen molar-refractivity contribution in [3.8, 4) is 0 Å². The molecule has 0 spiro atoms. The van der Waals surface area contributed by atoms with Gasteiger partial charge in [-0.3, -0.25) is 29.9 Å². The molecule has 6 aromatic heterocycles. The van der Waals surface area contributed by atoms with Crippen LogP contribution in [-0.4, -0.2) is 69.2 Å². The molecule has 514 valence electrons. The van der Waals surface area contributed by atoms with Gasteiger partial charge >= 0.3 is 102 Å². The van der Waals surface area contributed by atoms with Gasteiger partial charge in [0.15, 0.2) is 0 Å². The zero-order valence-corrected chi connectivity index (χ0v) is 62.1. The Kier molecular flexibility index (Phi) is 53.8. The number of benzene rings is 6. The molecule has 0 aliphatic carbocycles. The molecule has 6 radical (unpaired) electrons. The Morgan fingerprint density at radius 3 is 0.410 bits per heavy atom. The number of nitrogens with zero attached hydrogens (tertiary/aromatic N) is 12. The van der Waals surface area contributed by atoms with E-state index in [0.29, 0.717) is 108 Å². The summed E-state index contributed by atoms with van der Waals surface area (Å²) in [7, 11) is 0. The molecule has 0 atom stereocenters. The van der Waals surface area contributed by atoms with Crippen LogP contribution < -0.4 is 0 Å². The summed E-state index contributed by atoms with van der Waals surface area (Å²) in [5.74, 6) is 0. The molecule has 12 aromatic rings. The van der Waals surface area contributed by atoms with Gasteiger partial charge in [-0.2, -0.15) is 68.2 Å². The molecule has 0 aliphatic heterocycles. The van der Waals surface area contributed by atoms with Gasteiger partial charge in [0, 0.05) is 74.4 Å². The Labute approximate surface area is 654 Å². The van der Waals surface area contributed by atoms with E-state index in [4.69, 9.17) is 34.4 Å². The Hall–Kier alpha value is -9.06. The van der Waals surface area contributed by atoms with Gasteiger partial charge in [-0.25, -0.2) is 0 Å². The maximum atomic E-state index is 8.02. The largest absolute Gasteiger partial charge is 2.00 e. The number of hydrogen-bond acceptors (Lipinski definition) is 6. The normalized spacial score (nSPS) is 9.30. The third-order valence-corrected chi connectivity index (χ3v) is 12.6.